The van der Waals surface area contributed by atoms with E-state index in [9.17, 15) is 9.59 Å². The Labute approximate surface area is 88.1 Å². The number of rotatable bonds is 3. The molecule has 1 amide bonds. The summed E-state index contributed by atoms with van der Waals surface area (Å²) in [6.45, 7) is 4.38. The lowest BCUT2D eigenvalue weighted by molar-refractivity contribution is -0.131. The van der Waals surface area contributed by atoms with Crippen LogP contribution in [-0.2, 0) is 14.3 Å². The number of amides is 1. The van der Waals surface area contributed by atoms with Crippen LogP contribution < -0.4 is 5.32 Å². The highest BCUT2D eigenvalue weighted by molar-refractivity contribution is 5.94. The lowest BCUT2D eigenvalue weighted by atomic mass is 9.95. The molecule has 15 heavy (non-hydrogen) atoms. The third kappa shape index (κ3) is 3.06. The highest BCUT2D eigenvalue weighted by Crippen LogP contribution is 2.24. The molecule has 0 aromatic heterocycles. The van der Waals surface area contributed by atoms with Crippen molar-refractivity contribution in [1.82, 2.24) is 5.32 Å². The fourth-order valence-electron chi connectivity index (χ4n) is 1.47. The van der Waals surface area contributed by atoms with E-state index >= 15 is 0 Å². The third-order valence-electron chi connectivity index (χ3n) is 2.67. The molecule has 2 N–H and O–H groups in total. The van der Waals surface area contributed by atoms with Gasteiger partial charge in [0.1, 0.15) is 0 Å². The highest BCUT2D eigenvalue weighted by atomic mass is 16.5. The van der Waals surface area contributed by atoms with Crippen molar-refractivity contribution >= 4 is 11.9 Å². The molecule has 0 saturated carbocycles. The summed E-state index contributed by atoms with van der Waals surface area (Å²) in [7, 11) is 0. The summed E-state index contributed by atoms with van der Waals surface area (Å²) in [6.07, 6.45) is 2.51. The Kier molecular flexibility index (Phi) is 3.47. The van der Waals surface area contributed by atoms with E-state index in [-0.39, 0.29) is 6.10 Å². The number of carboxylic acid groups (broad SMARTS) is 1. The van der Waals surface area contributed by atoms with Crippen LogP contribution in [0.3, 0.4) is 0 Å². The first-order valence-corrected chi connectivity index (χ1v) is 4.79. The van der Waals surface area contributed by atoms with Gasteiger partial charge >= 0.3 is 5.97 Å². The summed E-state index contributed by atoms with van der Waals surface area (Å²) in [5, 5.41) is 11.1. The van der Waals surface area contributed by atoms with Crippen LogP contribution in [-0.4, -0.2) is 35.2 Å². The summed E-state index contributed by atoms with van der Waals surface area (Å²) in [4.78, 5) is 21.5. The van der Waals surface area contributed by atoms with E-state index in [1.54, 1.807) is 0 Å². The first-order chi connectivity index (χ1) is 6.94. The molecule has 1 rings (SSSR count). The average Bonchev–Trinajstić information content (AvgIpc) is 2.44. The van der Waals surface area contributed by atoms with Gasteiger partial charge < -0.3 is 15.2 Å². The molecule has 1 aliphatic rings. The van der Waals surface area contributed by atoms with E-state index in [1.807, 2.05) is 13.8 Å². The van der Waals surface area contributed by atoms with Gasteiger partial charge in [0.25, 0.3) is 0 Å². The molecule has 1 saturated heterocycles. The third-order valence-corrected chi connectivity index (χ3v) is 2.67. The molecule has 0 aromatic carbocycles. The standard InChI is InChI=1S/C10H15NO4/c1-7-10(2,5-6-15-7)11-8(12)3-4-9(13)14/h3-4,7H,5-6H2,1-2H3,(H,11,12)(H,13,14)/b4-3+. The van der Waals surface area contributed by atoms with Crippen molar-refractivity contribution in [3.8, 4) is 0 Å². The first kappa shape index (κ1) is 11.7. The van der Waals surface area contributed by atoms with Crippen molar-refractivity contribution < 1.29 is 19.4 Å². The smallest absolute Gasteiger partial charge is 0.328 e. The number of hydrogen-bond donors (Lipinski definition) is 2. The fraction of sp³-hybridized carbons (Fsp3) is 0.600. The molecule has 0 aromatic rings. The number of ether oxygens (including phenoxy) is 1. The van der Waals surface area contributed by atoms with E-state index in [2.05, 4.69) is 5.32 Å². The highest BCUT2D eigenvalue weighted by Gasteiger charge is 2.37. The molecule has 1 aliphatic heterocycles. The number of carbonyl (C=O) groups is 2. The van der Waals surface area contributed by atoms with Gasteiger partial charge in [0.15, 0.2) is 0 Å². The Morgan fingerprint density at radius 3 is 2.67 bits per heavy atom. The lowest BCUT2D eigenvalue weighted by Gasteiger charge is -2.28. The van der Waals surface area contributed by atoms with Crippen LogP contribution in [0.25, 0.3) is 0 Å². The van der Waals surface area contributed by atoms with Crippen molar-refractivity contribution in [2.45, 2.75) is 31.9 Å². The minimum atomic E-state index is -1.13. The molecular formula is C10H15NO4. The fourth-order valence-corrected chi connectivity index (χ4v) is 1.47. The van der Waals surface area contributed by atoms with Gasteiger partial charge in [-0.25, -0.2) is 4.79 Å². The quantitative estimate of drug-likeness (QED) is 0.661. The molecule has 5 heteroatoms. The van der Waals surface area contributed by atoms with Crippen LogP contribution in [0.5, 0.6) is 0 Å². The average molecular weight is 213 g/mol. The van der Waals surface area contributed by atoms with E-state index < -0.39 is 17.4 Å². The van der Waals surface area contributed by atoms with Crippen LogP contribution in [0.2, 0.25) is 0 Å². The summed E-state index contributed by atoms with van der Waals surface area (Å²) in [5.74, 6) is -1.54. The molecule has 84 valence electrons. The van der Waals surface area contributed by atoms with E-state index in [0.29, 0.717) is 6.61 Å². The van der Waals surface area contributed by atoms with Crippen LogP contribution in [0, 0.1) is 0 Å². The van der Waals surface area contributed by atoms with Gasteiger partial charge in [0.05, 0.1) is 11.6 Å². The first-order valence-electron chi connectivity index (χ1n) is 4.79. The van der Waals surface area contributed by atoms with Crippen molar-refractivity contribution in [1.29, 1.82) is 0 Å². The molecular weight excluding hydrogens is 198 g/mol. The molecule has 0 spiro atoms. The van der Waals surface area contributed by atoms with Crippen molar-refractivity contribution in [2.24, 2.45) is 0 Å². The number of aliphatic carboxylic acids is 1. The molecule has 5 nitrogen and oxygen atoms in total. The van der Waals surface area contributed by atoms with Crippen molar-refractivity contribution in [2.75, 3.05) is 6.61 Å². The molecule has 2 atom stereocenters. The second kappa shape index (κ2) is 4.44. The minimum Gasteiger partial charge on any atom is -0.478 e. The maximum absolute atomic E-state index is 11.3. The van der Waals surface area contributed by atoms with Crippen LogP contribution in [0.1, 0.15) is 20.3 Å². The van der Waals surface area contributed by atoms with Crippen molar-refractivity contribution in [3.63, 3.8) is 0 Å². The predicted octanol–water partition coefficient (Wildman–Crippen LogP) is 0.311. The molecule has 0 aliphatic carbocycles. The Morgan fingerprint density at radius 1 is 1.53 bits per heavy atom. The predicted molar refractivity (Wildman–Crippen MR) is 53.4 cm³/mol. The Morgan fingerprint density at radius 2 is 2.20 bits per heavy atom. The maximum Gasteiger partial charge on any atom is 0.328 e. The van der Waals surface area contributed by atoms with Gasteiger partial charge in [-0.2, -0.15) is 0 Å². The monoisotopic (exact) mass is 213 g/mol. The molecule has 1 heterocycles. The number of carboxylic acids is 1. The zero-order chi connectivity index (χ0) is 11.5. The van der Waals surface area contributed by atoms with Gasteiger partial charge in [-0.3, -0.25) is 4.79 Å². The second-order valence-electron chi connectivity index (χ2n) is 3.84. The van der Waals surface area contributed by atoms with E-state index in [4.69, 9.17) is 9.84 Å². The van der Waals surface area contributed by atoms with Gasteiger partial charge in [0, 0.05) is 18.8 Å². The minimum absolute atomic E-state index is 0.0559. The number of hydrogen-bond acceptors (Lipinski definition) is 3. The Hall–Kier alpha value is -1.36. The Balaban J connectivity index is 2.54. The Bertz CT molecular complexity index is 300. The van der Waals surface area contributed by atoms with Gasteiger partial charge in [-0.15, -0.1) is 0 Å². The maximum atomic E-state index is 11.3. The summed E-state index contributed by atoms with van der Waals surface area (Å²) >= 11 is 0. The topological polar surface area (TPSA) is 75.6 Å². The van der Waals surface area contributed by atoms with E-state index in [0.717, 1.165) is 18.6 Å². The van der Waals surface area contributed by atoms with Crippen LogP contribution in [0.15, 0.2) is 12.2 Å². The van der Waals surface area contributed by atoms with Crippen molar-refractivity contribution in [3.05, 3.63) is 12.2 Å². The molecule has 0 bridgehead atoms. The zero-order valence-electron chi connectivity index (χ0n) is 8.82. The molecule has 2 unspecified atom stereocenters. The normalized spacial score (nSPS) is 30.7. The van der Waals surface area contributed by atoms with Gasteiger partial charge in [-0.05, 0) is 20.3 Å². The zero-order valence-corrected chi connectivity index (χ0v) is 8.82. The molecule has 0 radical (unpaired) electrons. The second-order valence-corrected chi connectivity index (χ2v) is 3.84. The summed E-state index contributed by atoms with van der Waals surface area (Å²) < 4.78 is 5.34. The van der Waals surface area contributed by atoms with Gasteiger partial charge in [0.2, 0.25) is 5.91 Å². The number of carbonyl (C=O) groups excluding carboxylic acids is 1. The largest absolute Gasteiger partial charge is 0.478 e. The SMILES string of the molecule is CC1OCCC1(C)NC(=O)/C=C/C(=O)O. The van der Waals surface area contributed by atoms with E-state index in [1.165, 1.54) is 0 Å². The summed E-state index contributed by atoms with van der Waals surface area (Å²) in [6, 6.07) is 0. The lowest BCUT2D eigenvalue weighted by Crippen LogP contribution is -2.50. The summed E-state index contributed by atoms with van der Waals surface area (Å²) in [5.41, 5.74) is -0.403. The van der Waals surface area contributed by atoms with Crippen LogP contribution >= 0.6 is 0 Å². The van der Waals surface area contributed by atoms with Crippen LogP contribution in [0.4, 0.5) is 0 Å². The molecule has 1 fully saturated rings. The van der Waals surface area contributed by atoms with Gasteiger partial charge in [-0.1, -0.05) is 0 Å². The number of nitrogens with one attached hydrogen (secondary N) is 1.